The van der Waals surface area contributed by atoms with E-state index in [-0.39, 0.29) is 16.2 Å². The quantitative estimate of drug-likeness (QED) is 0.345. The SMILES string of the molecule is CC1(C)CCC2(C)CC=C3C(C)(CCC4C3(C)CCC3(C)C(C)(C)C(=O)CCC43C)C2C1. The van der Waals surface area contributed by atoms with Crippen molar-refractivity contribution in [3.63, 3.8) is 0 Å². The number of carbonyl (C=O) groups excluding carboxylic acids is 1. The smallest absolute Gasteiger partial charge is 0.139 e. The summed E-state index contributed by atoms with van der Waals surface area (Å²) in [5, 5.41) is 0. The van der Waals surface area contributed by atoms with Crippen LogP contribution in [-0.2, 0) is 4.79 Å². The van der Waals surface area contributed by atoms with E-state index in [0.717, 1.165) is 18.8 Å². The van der Waals surface area contributed by atoms with Crippen molar-refractivity contribution >= 4 is 5.78 Å². The zero-order valence-electron chi connectivity index (χ0n) is 22.7. The van der Waals surface area contributed by atoms with Crippen molar-refractivity contribution in [2.75, 3.05) is 0 Å². The first-order valence-electron chi connectivity index (χ1n) is 13.8. The number of rotatable bonds is 0. The molecule has 180 valence electrons. The number of ketones is 1. The van der Waals surface area contributed by atoms with Crippen molar-refractivity contribution in [3.8, 4) is 0 Å². The van der Waals surface area contributed by atoms with Crippen LogP contribution in [0, 0.1) is 49.7 Å². The summed E-state index contributed by atoms with van der Waals surface area (Å²) in [7, 11) is 0. The van der Waals surface area contributed by atoms with Gasteiger partial charge in [0.25, 0.3) is 0 Å². The molecule has 0 aromatic heterocycles. The van der Waals surface area contributed by atoms with E-state index in [4.69, 9.17) is 0 Å². The molecule has 1 nitrogen and oxygen atoms in total. The third kappa shape index (κ3) is 2.55. The third-order valence-electron chi connectivity index (χ3n) is 13.6. The minimum absolute atomic E-state index is 0.115. The molecule has 1 heteroatoms. The van der Waals surface area contributed by atoms with Gasteiger partial charge in [0.1, 0.15) is 5.78 Å². The van der Waals surface area contributed by atoms with Crippen LogP contribution in [0.15, 0.2) is 11.6 Å². The average Bonchev–Trinajstić information content (AvgIpc) is 2.69. The lowest BCUT2D eigenvalue weighted by atomic mass is 9.31. The predicted octanol–water partition coefficient (Wildman–Crippen LogP) is 8.77. The highest BCUT2D eigenvalue weighted by Crippen LogP contribution is 2.77. The summed E-state index contributed by atoms with van der Waals surface area (Å²) in [4.78, 5) is 13.1. The molecule has 0 spiro atoms. The Bertz CT molecular complexity index is 877. The van der Waals surface area contributed by atoms with Crippen molar-refractivity contribution in [1.82, 2.24) is 0 Å². The summed E-state index contributed by atoms with van der Waals surface area (Å²) in [6.45, 7) is 22.6. The lowest BCUT2D eigenvalue weighted by Gasteiger charge is -2.72. The molecule has 0 saturated heterocycles. The molecule has 4 saturated carbocycles. The molecule has 5 rings (SSSR count). The summed E-state index contributed by atoms with van der Waals surface area (Å²) in [6, 6.07) is 0. The fourth-order valence-electron chi connectivity index (χ4n) is 10.8. The van der Waals surface area contributed by atoms with E-state index in [1.54, 1.807) is 0 Å². The molecular weight excluding hydrogens is 388 g/mol. The largest absolute Gasteiger partial charge is 0.299 e. The van der Waals surface area contributed by atoms with Crippen molar-refractivity contribution in [2.45, 2.75) is 127 Å². The Morgan fingerprint density at radius 2 is 1.41 bits per heavy atom. The number of fused-ring (bicyclic) bond motifs is 7. The topological polar surface area (TPSA) is 17.1 Å². The maximum Gasteiger partial charge on any atom is 0.139 e. The number of Topliss-reactive ketones (excluding diaryl/α,β-unsaturated/α-hetero) is 1. The number of hydrogen-bond acceptors (Lipinski definition) is 1. The molecule has 4 fully saturated rings. The van der Waals surface area contributed by atoms with Crippen molar-refractivity contribution in [2.24, 2.45) is 49.7 Å². The average molecular weight is 439 g/mol. The van der Waals surface area contributed by atoms with E-state index in [1.165, 1.54) is 51.4 Å². The third-order valence-corrected chi connectivity index (χ3v) is 13.6. The first kappa shape index (κ1) is 23.2. The second kappa shape index (κ2) is 6.34. The molecule has 0 amide bonds. The predicted molar refractivity (Wildman–Crippen MR) is 134 cm³/mol. The molecule has 0 heterocycles. The molecule has 7 atom stereocenters. The van der Waals surface area contributed by atoms with E-state index in [0.29, 0.717) is 33.4 Å². The zero-order valence-corrected chi connectivity index (χ0v) is 22.7. The lowest BCUT2D eigenvalue weighted by Crippen LogP contribution is -2.66. The molecule has 0 N–H and O–H groups in total. The Kier molecular flexibility index (Phi) is 4.59. The van der Waals surface area contributed by atoms with E-state index < -0.39 is 0 Å². The van der Waals surface area contributed by atoms with Gasteiger partial charge >= 0.3 is 0 Å². The monoisotopic (exact) mass is 438 g/mol. The number of carbonyl (C=O) groups is 1. The molecule has 0 bridgehead atoms. The van der Waals surface area contributed by atoms with Gasteiger partial charge in [0, 0.05) is 11.8 Å². The van der Waals surface area contributed by atoms with E-state index >= 15 is 0 Å². The van der Waals surface area contributed by atoms with E-state index in [2.05, 4.69) is 68.4 Å². The van der Waals surface area contributed by atoms with E-state index in [9.17, 15) is 4.79 Å². The summed E-state index contributed by atoms with van der Waals surface area (Å²) >= 11 is 0. The van der Waals surface area contributed by atoms with Crippen molar-refractivity contribution in [1.29, 1.82) is 0 Å². The minimum Gasteiger partial charge on any atom is -0.299 e. The Morgan fingerprint density at radius 1 is 0.750 bits per heavy atom. The van der Waals surface area contributed by atoms with Crippen LogP contribution in [0.5, 0.6) is 0 Å². The van der Waals surface area contributed by atoms with Gasteiger partial charge in [0.2, 0.25) is 0 Å². The maximum atomic E-state index is 13.1. The highest BCUT2D eigenvalue weighted by atomic mass is 16.1. The van der Waals surface area contributed by atoms with Gasteiger partial charge in [-0.3, -0.25) is 4.79 Å². The van der Waals surface area contributed by atoms with Crippen LogP contribution >= 0.6 is 0 Å². The van der Waals surface area contributed by atoms with Crippen molar-refractivity contribution in [3.05, 3.63) is 11.6 Å². The van der Waals surface area contributed by atoms with Gasteiger partial charge in [0.15, 0.2) is 0 Å². The van der Waals surface area contributed by atoms with Gasteiger partial charge in [-0.05, 0) is 102 Å². The highest BCUT2D eigenvalue weighted by molar-refractivity contribution is 5.86. The Hall–Kier alpha value is -0.590. The van der Waals surface area contributed by atoms with Crippen LogP contribution in [0.2, 0.25) is 0 Å². The van der Waals surface area contributed by atoms with Gasteiger partial charge in [-0.15, -0.1) is 0 Å². The first-order chi connectivity index (χ1) is 14.6. The zero-order chi connectivity index (χ0) is 23.6. The normalized spacial score (nSPS) is 53.9. The second-order valence-electron chi connectivity index (χ2n) is 15.6. The van der Waals surface area contributed by atoms with Crippen LogP contribution in [0.4, 0.5) is 0 Å². The number of hydrogen-bond donors (Lipinski definition) is 0. The fraction of sp³-hybridized carbons (Fsp3) is 0.903. The summed E-state index contributed by atoms with van der Waals surface area (Å²) < 4.78 is 0. The van der Waals surface area contributed by atoms with Crippen LogP contribution in [0.1, 0.15) is 127 Å². The fourth-order valence-corrected chi connectivity index (χ4v) is 10.8. The Balaban J connectivity index is 1.59. The molecule has 0 aromatic carbocycles. The standard InChI is InChI=1S/C31H50O/c1-25(2)16-17-27(5)13-10-21-28(6,23(27)20-25)14-11-22-29(21,7)18-19-31(9)26(3,4)24(32)12-15-30(22,31)8/h10,22-23H,11-20H2,1-9H3. The van der Waals surface area contributed by atoms with Gasteiger partial charge in [-0.25, -0.2) is 0 Å². The van der Waals surface area contributed by atoms with Gasteiger partial charge < -0.3 is 0 Å². The summed E-state index contributed by atoms with van der Waals surface area (Å²) in [5.74, 6) is 2.04. The summed E-state index contributed by atoms with van der Waals surface area (Å²) in [6.07, 6.45) is 15.3. The molecule has 0 aromatic rings. The van der Waals surface area contributed by atoms with Crippen LogP contribution < -0.4 is 0 Å². The van der Waals surface area contributed by atoms with Gasteiger partial charge in [-0.1, -0.05) is 74.0 Å². The molecule has 7 unspecified atom stereocenters. The van der Waals surface area contributed by atoms with Crippen LogP contribution in [-0.4, -0.2) is 5.78 Å². The second-order valence-corrected chi connectivity index (χ2v) is 15.6. The highest BCUT2D eigenvalue weighted by Gasteiger charge is 2.70. The molecular formula is C31H50O. The minimum atomic E-state index is -0.199. The summed E-state index contributed by atoms with van der Waals surface area (Å²) in [5.41, 5.74) is 3.66. The molecule has 5 aliphatic rings. The van der Waals surface area contributed by atoms with Gasteiger partial charge in [-0.2, -0.15) is 0 Å². The molecule has 0 aliphatic heterocycles. The lowest BCUT2D eigenvalue weighted by molar-refractivity contribution is -0.204. The number of allylic oxidation sites excluding steroid dienone is 2. The van der Waals surface area contributed by atoms with Crippen LogP contribution in [0.3, 0.4) is 0 Å². The maximum absolute atomic E-state index is 13.1. The molecule has 5 aliphatic carbocycles. The van der Waals surface area contributed by atoms with Crippen LogP contribution in [0.25, 0.3) is 0 Å². The van der Waals surface area contributed by atoms with Gasteiger partial charge in [0.05, 0.1) is 0 Å². The van der Waals surface area contributed by atoms with Crippen molar-refractivity contribution < 1.29 is 4.79 Å². The Labute approximate surface area is 198 Å². The van der Waals surface area contributed by atoms with E-state index in [1.807, 2.05) is 5.57 Å². The first-order valence-corrected chi connectivity index (χ1v) is 13.8. The Morgan fingerprint density at radius 3 is 2.09 bits per heavy atom. The molecule has 32 heavy (non-hydrogen) atoms. The molecule has 0 radical (unpaired) electrons.